The van der Waals surface area contributed by atoms with E-state index >= 15 is 0 Å². The molecule has 0 aliphatic carbocycles. The van der Waals surface area contributed by atoms with Crippen LogP contribution in [0.1, 0.15) is 19.8 Å². The molecule has 0 bridgehead atoms. The lowest BCUT2D eigenvalue weighted by molar-refractivity contribution is -0.138. The SMILES string of the molecule is CCC1CC(=O)OC1Sc1ccccc1. The Morgan fingerprint density at radius 1 is 1.40 bits per heavy atom. The van der Waals surface area contributed by atoms with Gasteiger partial charge >= 0.3 is 5.97 Å². The topological polar surface area (TPSA) is 26.3 Å². The summed E-state index contributed by atoms with van der Waals surface area (Å²) < 4.78 is 5.29. The van der Waals surface area contributed by atoms with Gasteiger partial charge in [-0.3, -0.25) is 4.79 Å². The first-order valence-corrected chi connectivity index (χ1v) is 6.08. The average molecular weight is 222 g/mol. The van der Waals surface area contributed by atoms with E-state index in [4.69, 9.17) is 4.74 Å². The van der Waals surface area contributed by atoms with Gasteiger partial charge in [0.25, 0.3) is 0 Å². The fourth-order valence-corrected chi connectivity index (χ4v) is 2.89. The minimum atomic E-state index is -0.0599. The Morgan fingerprint density at radius 3 is 2.80 bits per heavy atom. The largest absolute Gasteiger partial charge is 0.451 e. The van der Waals surface area contributed by atoms with Crippen molar-refractivity contribution in [3.05, 3.63) is 30.3 Å². The van der Waals surface area contributed by atoms with E-state index in [9.17, 15) is 4.79 Å². The molecular formula is C12H14O2S. The lowest BCUT2D eigenvalue weighted by atomic mass is 10.1. The van der Waals surface area contributed by atoms with Crippen molar-refractivity contribution >= 4 is 17.7 Å². The monoisotopic (exact) mass is 222 g/mol. The molecular weight excluding hydrogens is 208 g/mol. The van der Waals surface area contributed by atoms with Gasteiger partial charge in [-0.25, -0.2) is 0 Å². The maximum atomic E-state index is 11.2. The highest BCUT2D eigenvalue weighted by atomic mass is 32.2. The van der Waals surface area contributed by atoms with Gasteiger partial charge in [-0.05, 0) is 18.6 Å². The van der Waals surface area contributed by atoms with E-state index in [1.165, 1.54) is 0 Å². The predicted molar refractivity (Wildman–Crippen MR) is 60.6 cm³/mol. The number of thioether (sulfide) groups is 1. The van der Waals surface area contributed by atoms with Gasteiger partial charge in [0, 0.05) is 10.8 Å². The van der Waals surface area contributed by atoms with Crippen LogP contribution in [0, 0.1) is 5.92 Å². The van der Waals surface area contributed by atoms with E-state index in [1.54, 1.807) is 11.8 Å². The first-order valence-electron chi connectivity index (χ1n) is 5.20. The third kappa shape index (κ3) is 2.53. The molecule has 2 unspecified atom stereocenters. The van der Waals surface area contributed by atoms with Gasteiger partial charge in [0.2, 0.25) is 0 Å². The van der Waals surface area contributed by atoms with Crippen LogP contribution in [0.4, 0.5) is 0 Å². The van der Waals surface area contributed by atoms with Crippen LogP contribution in [-0.4, -0.2) is 11.4 Å². The highest BCUT2D eigenvalue weighted by Gasteiger charge is 2.33. The summed E-state index contributed by atoms with van der Waals surface area (Å²) in [5, 5.41) is 0. The van der Waals surface area contributed by atoms with E-state index in [0.29, 0.717) is 12.3 Å². The number of carbonyl (C=O) groups is 1. The molecule has 15 heavy (non-hydrogen) atoms. The molecule has 80 valence electrons. The minimum absolute atomic E-state index is 0.00454. The lowest BCUT2D eigenvalue weighted by Gasteiger charge is -2.14. The Hall–Kier alpha value is -0.960. The number of esters is 1. The van der Waals surface area contributed by atoms with E-state index in [-0.39, 0.29) is 11.4 Å². The summed E-state index contributed by atoms with van der Waals surface area (Å²) in [7, 11) is 0. The number of carbonyl (C=O) groups excluding carboxylic acids is 1. The molecule has 0 radical (unpaired) electrons. The summed E-state index contributed by atoms with van der Waals surface area (Å²) in [4.78, 5) is 12.3. The van der Waals surface area contributed by atoms with E-state index < -0.39 is 0 Å². The summed E-state index contributed by atoms with van der Waals surface area (Å²) >= 11 is 1.64. The average Bonchev–Trinajstić information content (AvgIpc) is 2.60. The molecule has 0 spiro atoms. The van der Waals surface area contributed by atoms with Gasteiger partial charge in [-0.15, -0.1) is 0 Å². The first kappa shape index (κ1) is 10.6. The van der Waals surface area contributed by atoms with Crippen molar-refractivity contribution in [2.75, 3.05) is 0 Å². The molecule has 1 heterocycles. The van der Waals surface area contributed by atoms with Crippen molar-refractivity contribution in [2.24, 2.45) is 5.92 Å². The minimum Gasteiger partial charge on any atom is -0.451 e. The fraction of sp³-hybridized carbons (Fsp3) is 0.417. The van der Waals surface area contributed by atoms with E-state index in [0.717, 1.165) is 11.3 Å². The third-order valence-corrected chi connectivity index (χ3v) is 3.84. The van der Waals surface area contributed by atoms with Gasteiger partial charge in [0.05, 0.1) is 6.42 Å². The highest BCUT2D eigenvalue weighted by molar-refractivity contribution is 7.99. The van der Waals surface area contributed by atoms with Gasteiger partial charge in [-0.1, -0.05) is 36.9 Å². The molecule has 1 saturated heterocycles. The van der Waals surface area contributed by atoms with Crippen LogP contribution in [-0.2, 0) is 9.53 Å². The molecule has 2 atom stereocenters. The standard InChI is InChI=1S/C12H14O2S/c1-2-9-8-11(13)14-12(9)15-10-6-4-3-5-7-10/h3-7,9,12H,2,8H2,1H3. The highest BCUT2D eigenvalue weighted by Crippen LogP contribution is 2.36. The molecule has 0 N–H and O–H groups in total. The second-order valence-corrected chi connectivity index (χ2v) is 4.83. The number of hydrogen-bond donors (Lipinski definition) is 0. The van der Waals surface area contributed by atoms with Crippen LogP contribution in [0.15, 0.2) is 35.2 Å². The van der Waals surface area contributed by atoms with Gasteiger partial charge in [0.15, 0.2) is 5.44 Å². The zero-order chi connectivity index (χ0) is 10.7. The molecule has 0 aromatic heterocycles. The second-order valence-electron chi connectivity index (χ2n) is 3.66. The molecule has 1 aromatic carbocycles. The van der Waals surface area contributed by atoms with Crippen LogP contribution in [0.25, 0.3) is 0 Å². The van der Waals surface area contributed by atoms with Gasteiger partial charge < -0.3 is 4.74 Å². The van der Waals surface area contributed by atoms with Crippen molar-refractivity contribution < 1.29 is 9.53 Å². The van der Waals surface area contributed by atoms with Crippen LogP contribution in [0.3, 0.4) is 0 Å². The van der Waals surface area contributed by atoms with Crippen LogP contribution < -0.4 is 0 Å². The Morgan fingerprint density at radius 2 is 2.13 bits per heavy atom. The Labute approximate surface area is 94.0 Å². The van der Waals surface area contributed by atoms with Crippen LogP contribution in [0.2, 0.25) is 0 Å². The first-order chi connectivity index (χ1) is 7.29. The molecule has 1 fully saturated rings. The molecule has 2 rings (SSSR count). The molecule has 2 nitrogen and oxygen atoms in total. The van der Waals surface area contributed by atoms with E-state index in [2.05, 4.69) is 6.92 Å². The molecule has 0 amide bonds. The third-order valence-electron chi connectivity index (χ3n) is 2.58. The molecule has 1 aromatic rings. The summed E-state index contributed by atoms with van der Waals surface area (Å²) in [6.07, 6.45) is 1.57. The summed E-state index contributed by atoms with van der Waals surface area (Å²) in [6, 6.07) is 10.1. The number of hydrogen-bond acceptors (Lipinski definition) is 3. The van der Waals surface area contributed by atoms with Gasteiger partial charge in [0.1, 0.15) is 0 Å². The predicted octanol–water partition coefficient (Wildman–Crippen LogP) is 3.08. The summed E-state index contributed by atoms with van der Waals surface area (Å²) in [5.74, 6) is 0.304. The molecule has 1 aliphatic heterocycles. The molecule has 3 heteroatoms. The number of rotatable bonds is 3. The van der Waals surface area contributed by atoms with Crippen molar-refractivity contribution in [2.45, 2.75) is 30.1 Å². The normalized spacial score (nSPS) is 25.3. The maximum absolute atomic E-state index is 11.2. The van der Waals surface area contributed by atoms with Crippen LogP contribution in [0.5, 0.6) is 0 Å². The van der Waals surface area contributed by atoms with Crippen molar-refractivity contribution in [3.63, 3.8) is 0 Å². The molecule has 0 saturated carbocycles. The Kier molecular flexibility index (Phi) is 3.31. The smallest absolute Gasteiger partial charge is 0.307 e. The van der Waals surface area contributed by atoms with Crippen molar-refractivity contribution in [1.29, 1.82) is 0 Å². The Bertz CT molecular complexity index is 337. The fourth-order valence-electron chi connectivity index (χ4n) is 1.67. The number of cyclic esters (lactones) is 1. The zero-order valence-electron chi connectivity index (χ0n) is 8.68. The second kappa shape index (κ2) is 4.71. The van der Waals surface area contributed by atoms with E-state index in [1.807, 2.05) is 30.3 Å². The summed E-state index contributed by atoms with van der Waals surface area (Å²) in [5.41, 5.74) is 0.00454. The maximum Gasteiger partial charge on any atom is 0.307 e. The van der Waals surface area contributed by atoms with Crippen molar-refractivity contribution in [3.8, 4) is 0 Å². The van der Waals surface area contributed by atoms with Crippen LogP contribution >= 0.6 is 11.8 Å². The Balaban J connectivity index is 2.03. The quantitative estimate of drug-likeness (QED) is 0.735. The number of ether oxygens (including phenoxy) is 1. The molecule has 1 aliphatic rings. The number of benzene rings is 1. The van der Waals surface area contributed by atoms with Crippen molar-refractivity contribution in [1.82, 2.24) is 0 Å². The zero-order valence-corrected chi connectivity index (χ0v) is 9.50. The lowest BCUT2D eigenvalue weighted by Crippen LogP contribution is -2.10. The van der Waals surface area contributed by atoms with Gasteiger partial charge in [-0.2, -0.15) is 0 Å². The summed E-state index contributed by atoms with van der Waals surface area (Å²) in [6.45, 7) is 2.10.